The maximum Gasteiger partial charge on any atom is 0.269 e. The minimum absolute atomic E-state index is 0.304. The molecule has 2 aromatic heterocycles. The van der Waals surface area contributed by atoms with Gasteiger partial charge in [-0.1, -0.05) is 46.6 Å². The van der Waals surface area contributed by atoms with Crippen LogP contribution in [0.3, 0.4) is 0 Å². The van der Waals surface area contributed by atoms with Crippen LogP contribution in [-0.4, -0.2) is 20.6 Å². The zero-order valence-electron chi connectivity index (χ0n) is 13.0. The zero-order chi connectivity index (χ0) is 17.6. The second kappa shape index (κ2) is 6.02. The average molecular weight is 372 g/mol. The van der Waals surface area contributed by atoms with E-state index in [0.717, 1.165) is 5.52 Å². The van der Waals surface area contributed by atoms with E-state index in [9.17, 15) is 4.79 Å². The molecular formula is C18H11Cl2N3O2. The van der Waals surface area contributed by atoms with E-state index < -0.39 is 0 Å². The lowest BCUT2D eigenvalue weighted by Gasteiger charge is -2.07. The largest absolute Gasteiger partial charge is 0.360 e. The summed E-state index contributed by atoms with van der Waals surface area (Å²) in [5.41, 5.74) is 2.51. The minimum Gasteiger partial charge on any atom is -0.360 e. The monoisotopic (exact) mass is 371 g/mol. The average Bonchev–Trinajstić information content (AvgIpc) is 3.18. The molecule has 0 N–H and O–H groups in total. The van der Waals surface area contributed by atoms with Crippen LogP contribution in [0, 0.1) is 6.92 Å². The Bertz CT molecular complexity index is 1090. The van der Waals surface area contributed by atoms with E-state index in [4.69, 9.17) is 27.7 Å². The molecule has 0 fully saturated rings. The number of hydrogen-bond acceptors (Lipinski definition) is 4. The normalized spacial score (nSPS) is 11.2. The van der Waals surface area contributed by atoms with Crippen LogP contribution in [0.2, 0.25) is 10.0 Å². The fourth-order valence-electron chi connectivity index (χ4n) is 2.76. The third kappa shape index (κ3) is 2.52. The highest BCUT2D eigenvalue weighted by atomic mass is 35.5. The highest BCUT2D eigenvalue weighted by Crippen LogP contribution is 2.37. The molecule has 0 atom stereocenters. The van der Waals surface area contributed by atoms with Crippen molar-refractivity contribution in [1.29, 1.82) is 0 Å². The Balaban J connectivity index is 1.92. The van der Waals surface area contributed by atoms with Gasteiger partial charge in [0.25, 0.3) is 5.91 Å². The van der Waals surface area contributed by atoms with Crippen LogP contribution < -0.4 is 0 Å². The van der Waals surface area contributed by atoms with Gasteiger partial charge in [0.15, 0.2) is 0 Å². The van der Waals surface area contributed by atoms with Crippen molar-refractivity contribution >= 4 is 40.1 Å². The summed E-state index contributed by atoms with van der Waals surface area (Å²) in [5, 5.41) is 4.81. The standard InChI is InChI=1S/C18H11Cl2N3O2/c1-10-15(17(22-25-10)16-11(19)5-4-6-12(16)20)18(24)23-9-21-13-7-2-3-8-14(13)23/h2-9H,1H3. The van der Waals surface area contributed by atoms with Crippen molar-refractivity contribution in [1.82, 2.24) is 14.7 Å². The quantitative estimate of drug-likeness (QED) is 0.497. The summed E-state index contributed by atoms with van der Waals surface area (Å²) in [4.78, 5) is 17.4. The minimum atomic E-state index is -0.307. The lowest BCUT2D eigenvalue weighted by atomic mass is 10.1. The SMILES string of the molecule is Cc1onc(-c2c(Cl)cccc2Cl)c1C(=O)n1cnc2ccccc21. The number of para-hydroxylation sites is 2. The van der Waals surface area contributed by atoms with E-state index in [1.807, 2.05) is 24.3 Å². The molecule has 5 nitrogen and oxygen atoms in total. The molecule has 0 aliphatic heterocycles. The summed E-state index contributed by atoms with van der Waals surface area (Å²) in [6.07, 6.45) is 1.48. The Morgan fingerprint density at radius 1 is 1.08 bits per heavy atom. The molecule has 25 heavy (non-hydrogen) atoms. The first-order valence-corrected chi connectivity index (χ1v) is 8.21. The molecular weight excluding hydrogens is 361 g/mol. The van der Waals surface area contributed by atoms with Gasteiger partial charge in [-0.05, 0) is 31.2 Å². The number of aryl methyl sites for hydroxylation is 1. The van der Waals surface area contributed by atoms with Gasteiger partial charge in [0, 0.05) is 5.56 Å². The van der Waals surface area contributed by atoms with Gasteiger partial charge in [0.1, 0.15) is 23.3 Å². The van der Waals surface area contributed by atoms with E-state index in [1.54, 1.807) is 25.1 Å². The Hall–Kier alpha value is -2.63. The fourth-order valence-corrected chi connectivity index (χ4v) is 3.34. The Morgan fingerprint density at radius 2 is 1.80 bits per heavy atom. The summed E-state index contributed by atoms with van der Waals surface area (Å²) >= 11 is 12.5. The van der Waals surface area contributed by atoms with E-state index >= 15 is 0 Å². The van der Waals surface area contributed by atoms with Gasteiger partial charge >= 0.3 is 0 Å². The first-order chi connectivity index (χ1) is 12.1. The predicted molar refractivity (Wildman–Crippen MR) is 96.2 cm³/mol. The number of nitrogens with zero attached hydrogens (tertiary/aromatic N) is 3. The first-order valence-electron chi connectivity index (χ1n) is 7.45. The van der Waals surface area contributed by atoms with Crippen molar-refractivity contribution in [2.45, 2.75) is 6.92 Å². The molecule has 7 heteroatoms. The topological polar surface area (TPSA) is 60.9 Å². The Labute approximate surface area is 152 Å². The van der Waals surface area contributed by atoms with Gasteiger partial charge in [-0.15, -0.1) is 0 Å². The number of fused-ring (bicyclic) bond motifs is 1. The predicted octanol–water partition coefficient (Wildman–Crippen LogP) is 5.00. The molecule has 2 aromatic carbocycles. The zero-order valence-corrected chi connectivity index (χ0v) is 14.5. The Kier molecular flexibility index (Phi) is 3.82. The molecule has 0 unspecified atom stereocenters. The number of rotatable bonds is 2. The summed E-state index contributed by atoms with van der Waals surface area (Å²) in [5.74, 6) is 0.0761. The molecule has 0 spiro atoms. The molecule has 0 aliphatic carbocycles. The van der Waals surface area contributed by atoms with Gasteiger partial charge in [-0.2, -0.15) is 0 Å². The second-order valence-corrected chi connectivity index (χ2v) is 6.28. The molecule has 0 radical (unpaired) electrons. The highest BCUT2D eigenvalue weighted by Gasteiger charge is 2.26. The molecule has 0 amide bonds. The summed E-state index contributed by atoms with van der Waals surface area (Å²) in [7, 11) is 0. The van der Waals surface area contributed by atoms with Crippen molar-refractivity contribution in [3.05, 3.63) is 70.2 Å². The molecule has 0 aliphatic rings. The third-order valence-electron chi connectivity index (χ3n) is 3.95. The van der Waals surface area contributed by atoms with Gasteiger partial charge in [0.05, 0.1) is 21.1 Å². The van der Waals surface area contributed by atoms with Crippen molar-refractivity contribution < 1.29 is 9.32 Å². The van der Waals surface area contributed by atoms with Crippen LogP contribution in [-0.2, 0) is 0 Å². The van der Waals surface area contributed by atoms with Crippen molar-refractivity contribution in [2.75, 3.05) is 0 Å². The van der Waals surface area contributed by atoms with Crippen molar-refractivity contribution in [3.8, 4) is 11.3 Å². The smallest absolute Gasteiger partial charge is 0.269 e. The van der Waals surface area contributed by atoms with Crippen LogP contribution >= 0.6 is 23.2 Å². The summed E-state index contributed by atoms with van der Waals surface area (Å²) in [6.45, 7) is 1.67. The molecule has 0 saturated carbocycles. The third-order valence-corrected chi connectivity index (χ3v) is 4.58. The lowest BCUT2D eigenvalue weighted by Crippen LogP contribution is -2.12. The second-order valence-electron chi connectivity index (χ2n) is 5.47. The van der Waals surface area contributed by atoms with E-state index in [0.29, 0.717) is 38.1 Å². The fraction of sp³-hybridized carbons (Fsp3) is 0.0556. The number of imidazole rings is 1. The maximum atomic E-state index is 13.2. The highest BCUT2D eigenvalue weighted by molar-refractivity contribution is 6.39. The lowest BCUT2D eigenvalue weighted by molar-refractivity contribution is 0.0963. The molecule has 0 bridgehead atoms. The Morgan fingerprint density at radius 3 is 2.56 bits per heavy atom. The molecule has 124 valence electrons. The number of benzene rings is 2. The first kappa shape index (κ1) is 15.9. The summed E-state index contributed by atoms with van der Waals surface area (Å²) in [6, 6.07) is 12.5. The van der Waals surface area contributed by atoms with Crippen LogP contribution in [0.5, 0.6) is 0 Å². The summed E-state index contributed by atoms with van der Waals surface area (Å²) < 4.78 is 6.73. The number of carbonyl (C=O) groups excluding carboxylic acids is 1. The van der Waals surface area contributed by atoms with Crippen molar-refractivity contribution in [3.63, 3.8) is 0 Å². The van der Waals surface area contributed by atoms with E-state index in [1.165, 1.54) is 10.9 Å². The van der Waals surface area contributed by atoms with Gasteiger partial charge in [-0.3, -0.25) is 9.36 Å². The number of halogens is 2. The van der Waals surface area contributed by atoms with E-state index in [-0.39, 0.29) is 5.91 Å². The van der Waals surface area contributed by atoms with E-state index in [2.05, 4.69) is 10.1 Å². The van der Waals surface area contributed by atoms with Crippen molar-refractivity contribution in [2.24, 2.45) is 0 Å². The van der Waals surface area contributed by atoms with Crippen LogP contribution in [0.25, 0.3) is 22.3 Å². The van der Waals surface area contributed by atoms with Gasteiger partial charge in [-0.25, -0.2) is 4.98 Å². The molecule has 4 aromatic rings. The van der Waals surface area contributed by atoms with Crippen LogP contribution in [0.1, 0.15) is 16.1 Å². The number of carbonyl (C=O) groups is 1. The molecule has 0 saturated heterocycles. The molecule has 4 rings (SSSR count). The maximum absolute atomic E-state index is 13.2. The number of hydrogen-bond donors (Lipinski definition) is 0. The van der Waals surface area contributed by atoms with Gasteiger partial charge < -0.3 is 4.52 Å². The molecule has 2 heterocycles. The van der Waals surface area contributed by atoms with Crippen LogP contribution in [0.4, 0.5) is 0 Å². The van der Waals surface area contributed by atoms with Gasteiger partial charge in [0.2, 0.25) is 0 Å². The number of aromatic nitrogens is 3. The van der Waals surface area contributed by atoms with Crippen LogP contribution in [0.15, 0.2) is 53.3 Å².